The van der Waals surface area contributed by atoms with Gasteiger partial charge in [-0.25, -0.2) is 0 Å². The summed E-state index contributed by atoms with van der Waals surface area (Å²) in [4.78, 5) is 34.4. The molecule has 0 aromatic carbocycles. The predicted molar refractivity (Wildman–Crippen MR) is 67.5 cm³/mol. The lowest BCUT2D eigenvalue weighted by Crippen LogP contribution is -2.52. The number of hydrogen-bond acceptors (Lipinski definition) is 3. The van der Waals surface area contributed by atoms with Gasteiger partial charge >= 0.3 is 0 Å². The Kier molecular flexibility index (Phi) is 5.30. The highest BCUT2D eigenvalue weighted by atomic mass is 16.2. The zero-order valence-electron chi connectivity index (χ0n) is 10.7. The standard InChI is InChI=1S/C13H18N2O3/c1-3-5-9(6-4-2)12(17)14-10-7-8-11(16)15-13(10)18/h3,5-6,10H,4,7-8H2,1-2H3,(H,14,17)(H,15,16,18)/b5-3-,9-6?. The molecule has 1 aliphatic rings. The van der Waals surface area contributed by atoms with E-state index in [-0.39, 0.29) is 18.2 Å². The van der Waals surface area contributed by atoms with E-state index >= 15 is 0 Å². The van der Waals surface area contributed by atoms with Crippen LogP contribution in [0.15, 0.2) is 23.8 Å². The first-order valence-electron chi connectivity index (χ1n) is 6.05. The molecule has 2 N–H and O–H groups in total. The molecular weight excluding hydrogens is 232 g/mol. The van der Waals surface area contributed by atoms with E-state index < -0.39 is 11.9 Å². The molecule has 18 heavy (non-hydrogen) atoms. The maximum atomic E-state index is 11.9. The van der Waals surface area contributed by atoms with Crippen molar-refractivity contribution in [3.63, 3.8) is 0 Å². The van der Waals surface area contributed by atoms with Gasteiger partial charge in [-0.05, 0) is 19.8 Å². The highest BCUT2D eigenvalue weighted by Gasteiger charge is 2.28. The monoisotopic (exact) mass is 250 g/mol. The Morgan fingerprint density at radius 1 is 1.50 bits per heavy atom. The maximum Gasteiger partial charge on any atom is 0.251 e. The molecule has 1 rings (SSSR count). The van der Waals surface area contributed by atoms with Crippen LogP contribution in [-0.2, 0) is 14.4 Å². The van der Waals surface area contributed by atoms with Crippen LogP contribution in [0.2, 0.25) is 0 Å². The van der Waals surface area contributed by atoms with Crippen LogP contribution in [0.25, 0.3) is 0 Å². The number of nitrogens with one attached hydrogen (secondary N) is 2. The van der Waals surface area contributed by atoms with Crippen molar-refractivity contribution in [2.75, 3.05) is 0 Å². The van der Waals surface area contributed by atoms with Gasteiger partial charge in [-0.3, -0.25) is 19.7 Å². The van der Waals surface area contributed by atoms with Crippen LogP contribution in [0.1, 0.15) is 33.1 Å². The van der Waals surface area contributed by atoms with Crippen molar-refractivity contribution in [3.05, 3.63) is 23.8 Å². The third kappa shape index (κ3) is 3.84. The van der Waals surface area contributed by atoms with Gasteiger partial charge in [0.1, 0.15) is 6.04 Å². The quantitative estimate of drug-likeness (QED) is 0.440. The normalized spacial score (nSPS) is 21.0. The molecule has 3 amide bonds. The van der Waals surface area contributed by atoms with E-state index in [9.17, 15) is 14.4 Å². The number of carbonyl (C=O) groups is 3. The van der Waals surface area contributed by atoms with Gasteiger partial charge in [0.25, 0.3) is 5.91 Å². The lowest BCUT2D eigenvalue weighted by molar-refractivity contribution is -0.136. The molecular formula is C13H18N2O3. The molecule has 98 valence electrons. The molecule has 0 bridgehead atoms. The summed E-state index contributed by atoms with van der Waals surface area (Å²) >= 11 is 0. The van der Waals surface area contributed by atoms with E-state index in [2.05, 4.69) is 10.6 Å². The Hall–Kier alpha value is -1.91. The number of rotatable bonds is 4. The van der Waals surface area contributed by atoms with E-state index in [0.29, 0.717) is 12.0 Å². The van der Waals surface area contributed by atoms with E-state index in [1.165, 1.54) is 0 Å². The number of imide groups is 1. The molecule has 1 atom stereocenters. The molecule has 0 radical (unpaired) electrons. The smallest absolute Gasteiger partial charge is 0.251 e. The van der Waals surface area contributed by atoms with Gasteiger partial charge in [0.2, 0.25) is 11.8 Å². The van der Waals surface area contributed by atoms with E-state index in [1.807, 2.05) is 13.8 Å². The molecule has 5 heteroatoms. The Labute approximate surface area is 106 Å². The van der Waals surface area contributed by atoms with Crippen LogP contribution >= 0.6 is 0 Å². The summed E-state index contributed by atoms with van der Waals surface area (Å²) in [6.07, 6.45) is 6.61. The topological polar surface area (TPSA) is 75.3 Å². The molecule has 0 spiro atoms. The van der Waals surface area contributed by atoms with E-state index in [4.69, 9.17) is 0 Å². The first kappa shape index (κ1) is 14.2. The van der Waals surface area contributed by atoms with Crippen LogP contribution < -0.4 is 10.6 Å². The number of allylic oxidation sites excluding steroid dienone is 2. The molecule has 1 heterocycles. The molecule has 1 saturated heterocycles. The van der Waals surface area contributed by atoms with Crippen LogP contribution in [0.3, 0.4) is 0 Å². The molecule has 0 aromatic heterocycles. The second-order valence-corrected chi connectivity index (χ2v) is 4.04. The fourth-order valence-corrected chi connectivity index (χ4v) is 1.71. The van der Waals surface area contributed by atoms with E-state index in [0.717, 1.165) is 6.42 Å². The number of piperidine rings is 1. The lowest BCUT2D eigenvalue weighted by atomic mass is 10.1. The minimum Gasteiger partial charge on any atom is -0.340 e. The summed E-state index contributed by atoms with van der Waals surface area (Å²) in [5, 5.41) is 4.84. The molecule has 1 aliphatic heterocycles. The first-order chi connectivity index (χ1) is 8.58. The van der Waals surface area contributed by atoms with Gasteiger partial charge in [0.05, 0.1) is 0 Å². The largest absolute Gasteiger partial charge is 0.340 e. The molecule has 1 fully saturated rings. The minimum absolute atomic E-state index is 0.257. The minimum atomic E-state index is -0.624. The average Bonchev–Trinajstić information content (AvgIpc) is 2.32. The number of amides is 3. The van der Waals surface area contributed by atoms with Gasteiger partial charge in [-0.2, -0.15) is 0 Å². The Morgan fingerprint density at radius 2 is 2.22 bits per heavy atom. The van der Waals surface area contributed by atoms with Gasteiger partial charge in [0, 0.05) is 12.0 Å². The fraction of sp³-hybridized carbons (Fsp3) is 0.462. The zero-order valence-corrected chi connectivity index (χ0v) is 10.7. The van der Waals surface area contributed by atoms with E-state index in [1.54, 1.807) is 18.2 Å². The van der Waals surface area contributed by atoms with Crippen molar-refractivity contribution in [1.29, 1.82) is 0 Å². The summed E-state index contributed by atoms with van der Waals surface area (Å²) in [6.45, 7) is 3.76. The third-order valence-electron chi connectivity index (χ3n) is 2.58. The second kappa shape index (κ2) is 6.74. The van der Waals surface area contributed by atoms with Gasteiger partial charge in [0.15, 0.2) is 0 Å². The number of hydrogen-bond donors (Lipinski definition) is 2. The molecule has 5 nitrogen and oxygen atoms in total. The Bertz CT molecular complexity index is 410. The van der Waals surface area contributed by atoms with Crippen LogP contribution in [0.5, 0.6) is 0 Å². The highest BCUT2D eigenvalue weighted by Crippen LogP contribution is 2.07. The van der Waals surface area contributed by atoms with Crippen molar-refractivity contribution in [1.82, 2.24) is 10.6 Å². The van der Waals surface area contributed by atoms with Gasteiger partial charge < -0.3 is 5.32 Å². The van der Waals surface area contributed by atoms with Crippen molar-refractivity contribution >= 4 is 17.7 Å². The van der Waals surface area contributed by atoms with Gasteiger partial charge in [-0.15, -0.1) is 0 Å². The summed E-state index contributed by atoms with van der Waals surface area (Å²) in [7, 11) is 0. The van der Waals surface area contributed by atoms with Crippen molar-refractivity contribution in [3.8, 4) is 0 Å². The first-order valence-corrected chi connectivity index (χ1v) is 6.05. The third-order valence-corrected chi connectivity index (χ3v) is 2.58. The zero-order chi connectivity index (χ0) is 13.5. The molecule has 1 unspecified atom stereocenters. The van der Waals surface area contributed by atoms with Gasteiger partial charge in [-0.1, -0.05) is 25.2 Å². The predicted octanol–water partition coefficient (Wildman–Crippen LogP) is 0.820. The van der Waals surface area contributed by atoms with Crippen LogP contribution in [-0.4, -0.2) is 23.8 Å². The summed E-state index contributed by atoms with van der Waals surface area (Å²) in [5.74, 6) is -1.01. The lowest BCUT2D eigenvalue weighted by Gasteiger charge is -2.21. The Morgan fingerprint density at radius 3 is 2.78 bits per heavy atom. The van der Waals surface area contributed by atoms with Crippen molar-refractivity contribution in [2.24, 2.45) is 0 Å². The summed E-state index contributed by atoms with van der Waals surface area (Å²) in [6, 6.07) is -0.624. The summed E-state index contributed by atoms with van der Waals surface area (Å²) in [5.41, 5.74) is 0.532. The maximum absolute atomic E-state index is 11.9. The second-order valence-electron chi connectivity index (χ2n) is 4.04. The Balaban J connectivity index is 2.66. The highest BCUT2D eigenvalue weighted by molar-refractivity contribution is 6.04. The van der Waals surface area contributed by atoms with Crippen LogP contribution in [0.4, 0.5) is 0 Å². The molecule has 0 aliphatic carbocycles. The van der Waals surface area contributed by atoms with Crippen molar-refractivity contribution < 1.29 is 14.4 Å². The summed E-state index contributed by atoms with van der Waals surface area (Å²) < 4.78 is 0. The SMILES string of the molecule is C/C=C\C(=CCC)C(=O)NC1CCC(=O)NC1=O. The molecule has 0 saturated carbocycles. The fourth-order valence-electron chi connectivity index (χ4n) is 1.71. The van der Waals surface area contributed by atoms with Crippen molar-refractivity contribution in [2.45, 2.75) is 39.2 Å². The number of carbonyl (C=O) groups excluding carboxylic acids is 3. The average molecular weight is 250 g/mol. The van der Waals surface area contributed by atoms with Crippen LogP contribution in [0, 0.1) is 0 Å². The molecule has 0 aromatic rings.